The molecule has 4 nitrogen and oxygen atoms in total. The Morgan fingerprint density at radius 3 is 2.80 bits per heavy atom. The maximum Gasteiger partial charge on any atom is 0.242 e. The summed E-state index contributed by atoms with van der Waals surface area (Å²) in [4.78, 5) is 13.8. The molecule has 2 unspecified atom stereocenters. The first-order valence-corrected chi connectivity index (χ1v) is 5.67. The number of hydrogen-bond acceptors (Lipinski definition) is 3. The van der Waals surface area contributed by atoms with E-state index in [2.05, 4.69) is 26.1 Å². The molecule has 1 saturated heterocycles. The van der Waals surface area contributed by atoms with Crippen LogP contribution in [0.15, 0.2) is 0 Å². The van der Waals surface area contributed by atoms with Gasteiger partial charge in [-0.1, -0.05) is 20.8 Å². The van der Waals surface area contributed by atoms with Crippen molar-refractivity contribution in [1.82, 2.24) is 10.2 Å². The number of carbonyl (C=O) groups is 1. The van der Waals surface area contributed by atoms with E-state index in [1.165, 1.54) is 0 Å². The molecule has 2 atom stereocenters. The Hall–Kier alpha value is -0.610. The molecule has 0 aromatic heterocycles. The summed E-state index contributed by atoms with van der Waals surface area (Å²) in [6.07, 6.45) is 0. The maximum atomic E-state index is 12.0. The Kier molecular flexibility index (Phi) is 4.54. The minimum absolute atomic E-state index is 0.0375. The number of aliphatic hydroxyl groups excluding tert-OH is 1. The van der Waals surface area contributed by atoms with Crippen LogP contribution in [0.25, 0.3) is 0 Å². The van der Waals surface area contributed by atoms with Gasteiger partial charge in [-0.05, 0) is 11.8 Å². The van der Waals surface area contributed by atoms with Gasteiger partial charge < -0.3 is 15.3 Å². The summed E-state index contributed by atoms with van der Waals surface area (Å²) in [6.45, 7) is 8.58. The molecule has 1 amide bonds. The molecule has 0 saturated carbocycles. The summed E-state index contributed by atoms with van der Waals surface area (Å²) < 4.78 is 0. The number of aliphatic hydroxyl groups is 1. The lowest BCUT2D eigenvalue weighted by Gasteiger charge is -2.26. The quantitative estimate of drug-likeness (QED) is 0.699. The van der Waals surface area contributed by atoms with Crippen LogP contribution < -0.4 is 5.32 Å². The highest BCUT2D eigenvalue weighted by atomic mass is 16.3. The van der Waals surface area contributed by atoms with Crippen LogP contribution in [-0.4, -0.2) is 48.2 Å². The first kappa shape index (κ1) is 12.5. The van der Waals surface area contributed by atoms with Crippen molar-refractivity contribution in [3.8, 4) is 0 Å². The van der Waals surface area contributed by atoms with Crippen molar-refractivity contribution < 1.29 is 9.90 Å². The molecule has 0 bridgehead atoms. The van der Waals surface area contributed by atoms with Crippen LogP contribution in [-0.2, 0) is 4.79 Å². The molecule has 1 aliphatic rings. The summed E-state index contributed by atoms with van der Waals surface area (Å²) in [5, 5.41) is 12.2. The van der Waals surface area contributed by atoms with Gasteiger partial charge in [-0.2, -0.15) is 0 Å². The van der Waals surface area contributed by atoms with Gasteiger partial charge in [-0.15, -0.1) is 0 Å². The monoisotopic (exact) mass is 214 g/mol. The molecule has 0 aromatic rings. The first-order valence-electron chi connectivity index (χ1n) is 5.67. The highest BCUT2D eigenvalue weighted by Gasteiger charge is 2.28. The van der Waals surface area contributed by atoms with Gasteiger partial charge in [-0.3, -0.25) is 4.79 Å². The molecule has 0 spiro atoms. The predicted octanol–water partition coefficient (Wildman–Crippen LogP) is 0.0712. The van der Waals surface area contributed by atoms with E-state index in [4.69, 9.17) is 5.11 Å². The molecule has 4 heteroatoms. The zero-order valence-corrected chi connectivity index (χ0v) is 9.86. The number of amides is 1. The number of carbonyl (C=O) groups excluding carboxylic acids is 1. The van der Waals surface area contributed by atoms with E-state index in [1.807, 2.05) is 4.90 Å². The Labute approximate surface area is 91.6 Å². The molecule has 2 N–H and O–H groups in total. The highest BCUT2D eigenvalue weighted by molar-refractivity contribution is 5.82. The van der Waals surface area contributed by atoms with E-state index in [-0.39, 0.29) is 12.5 Å². The summed E-state index contributed by atoms with van der Waals surface area (Å²) in [7, 11) is 0. The van der Waals surface area contributed by atoms with Gasteiger partial charge in [0, 0.05) is 19.6 Å². The molecule has 0 aliphatic carbocycles. The summed E-state index contributed by atoms with van der Waals surface area (Å²) in [5.74, 6) is 0.957. The van der Waals surface area contributed by atoms with Gasteiger partial charge >= 0.3 is 0 Å². The SMILES string of the molecule is CC(C)CN1CC(C)CNC(CO)C1=O. The van der Waals surface area contributed by atoms with E-state index in [0.717, 1.165) is 19.6 Å². The van der Waals surface area contributed by atoms with E-state index in [9.17, 15) is 4.79 Å². The van der Waals surface area contributed by atoms with Gasteiger partial charge in [0.15, 0.2) is 0 Å². The molecule has 88 valence electrons. The average molecular weight is 214 g/mol. The Morgan fingerprint density at radius 2 is 2.27 bits per heavy atom. The summed E-state index contributed by atoms with van der Waals surface area (Å²) in [6, 6.07) is -0.409. The van der Waals surface area contributed by atoms with Gasteiger partial charge in [0.1, 0.15) is 6.04 Å². The Morgan fingerprint density at radius 1 is 1.60 bits per heavy atom. The fourth-order valence-corrected chi connectivity index (χ4v) is 1.93. The first-order chi connectivity index (χ1) is 7.04. The normalized spacial score (nSPS) is 28.3. The predicted molar refractivity (Wildman–Crippen MR) is 59.5 cm³/mol. The van der Waals surface area contributed by atoms with Crippen molar-refractivity contribution in [2.24, 2.45) is 11.8 Å². The summed E-state index contributed by atoms with van der Waals surface area (Å²) >= 11 is 0. The lowest BCUT2D eigenvalue weighted by molar-refractivity contribution is -0.134. The smallest absolute Gasteiger partial charge is 0.242 e. The standard InChI is InChI=1S/C11H22N2O2/c1-8(2)5-13-6-9(3)4-12-10(7-14)11(13)15/h8-10,12,14H,4-7H2,1-3H3. The van der Waals surface area contributed by atoms with E-state index >= 15 is 0 Å². The lowest BCUT2D eigenvalue weighted by atomic mass is 10.1. The molecule has 0 aromatic carbocycles. The number of nitrogens with zero attached hydrogens (tertiary/aromatic N) is 1. The van der Waals surface area contributed by atoms with Crippen molar-refractivity contribution in [1.29, 1.82) is 0 Å². The van der Waals surface area contributed by atoms with Crippen molar-refractivity contribution in [3.63, 3.8) is 0 Å². The zero-order chi connectivity index (χ0) is 11.4. The summed E-state index contributed by atoms with van der Waals surface area (Å²) in [5.41, 5.74) is 0. The van der Waals surface area contributed by atoms with Crippen molar-refractivity contribution in [2.45, 2.75) is 26.8 Å². The maximum absolute atomic E-state index is 12.0. The second-order valence-electron chi connectivity index (χ2n) is 4.89. The molecule has 1 fully saturated rings. The fourth-order valence-electron chi connectivity index (χ4n) is 1.93. The van der Waals surface area contributed by atoms with Crippen molar-refractivity contribution >= 4 is 5.91 Å². The fraction of sp³-hybridized carbons (Fsp3) is 0.909. The largest absolute Gasteiger partial charge is 0.394 e. The molecule has 15 heavy (non-hydrogen) atoms. The van der Waals surface area contributed by atoms with Crippen LogP contribution in [0.4, 0.5) is 0 Å². The number of hydrogen-bond donors (Lipinski definition) is 2. The van der Waals surface area contributed by atoms with Gasteiger partial charge in [-0.25, -0.2) is 0 Å². The zero-order valence-electron chi connectivity index (χ0n) is 9.86. The van der Waals surface area contributed by atoms with E-state index in [1.54, 1.807) is 0 Å². The van der Waals surface area contributed by atoms with Gasteiger partial charge in [0.2, 0.25) is 5.91 Å². The number of rotatable bonds is 3. The third kappa shape index (κ3) is 3.47. The minimum Gasteiger partial charge on any atom is -0.394 e. The number of nitrogens with one attached hydrogen (secondary N) is 1. The average Bonchev–Trinajstić information content (AvgIpc) is 2.27. The van der Waals surface area contributed by atoms with Crippen LogP contribution in [0.1, 0.15) is 20.8 Å². The third-order valence-corrected chi connectivity index (χ3v) is 2.62. The minimum atomic E-state index is -0.409. The van der Waals surface area contributed by atoms with Crippen LogP contribution >= 0.6 is 0 Å². The Balaban J connectivity index is 2.68. The van der Waals surface area contributed by atoms with Crippen molar-refractivity contribution in [3.05, 3.63) is 0 Å². The van der Waals surface area contributed by atoms with Crippen LogP contribution in [0.2, 0.25) is 0 Å². The van der Waals surface area contributed by atoms with E-state index < -0.39 is 6.04 Å². The Bertz CT molecular complexity index is 219. The molecule has 1 rings (SSSR count). The van der Waals surface area contributed by atoms with Crippen LogP contribution in [0.5, 0.6) is 0 Å². The second-order valence-corrected chi connectivity index (χ2v) is 4.89. The molecule has 1 heterocycles. The molecular formula is C11H22N2O2. The molecular weight excluding hydrogens is 192 g/mol. The molecule has 1 aliphatic heterocycles. The van der Waals surface area contributed by atoms with Crippen LogP contribution in [0, 0.1) is 11.8 Å². The highest BCUT2D eigenvalue weighted by Crippen LogP contribution is 2.09. The second kappa shape index (κ2) is 5.47. The topological polar surface area (TPSA) is 52.6 Å². The lowest BCUT2D eigenvalue weighted by Crippen LogP contribution is -2.46. The van der Waals surface area contributed by atoms with Crippen molar-refractivity contribution in [2.75, 3.05) is 26.2 Å². The molecule has 0 radical (unpaired) electrons. The van der Waals surface area contributed by atoms with Gasteiger partial charge in [0.25, 0.3) is 0 Å². The van der Waals surface area contributed by atoms with Gasteiger partial charge in [0.05, 0.1) is 6.61 Å². The van der Waals surface area contributed by atoms with Crippen LogP contribution in [0.3, 0.4) is 0 Å². The van der Waals surface area contributed by atoms with E-state index in [0.29, 0.717) is 11.8 Å². The third-order valence-electron chi connectivity index (χ3n) is 2.62.